The van der Waals surface area contributed by atoms with Gasteiger partial charge in [-0.15, -0.1) is 0 Å². The first-order chi connectivity index (χ1) is 9.56. The van der Waals surface area contributed by atoms with Crippen molar-refractivity contribution >= 4 is 17.5 Å². The van der Waals surface area contributed by atoms with Crippen molar-refractivity contribution in [3.63, 3.8) is 0 Å². The number of benzene rings is 2. The molecule has 2 nitrogen and oxygen atoms in total. The largest absolute Gasteiger partial charge is 0.378 e. The first-order valence-electron chi connectivity index (χ1n) is 6.63. The summed E-state index contributed by atoms with van der Waals surface area (Å²) in [6.45, 7) is 2.05. The van der Waals surface area contributed by atoms with E-state index < -0.39 is 0 Å². The Kier molecular flexibility index (Phi) is 4.36. The van der Waals surface area contributed by atoms with E-state index in [4.69, 9.17) is 0 Å². The highest BCUT2D eigenvalue weighted by atomic mass is 16.1. The average Bonchev–Trinajstić information content (AvgIpc) is 2.46. The predicted octanol–water partition coefficient (Wildman–Crippen LogP) is 3.96. The third-order valence-corrected chi connectivity index (χ3v) is 3.17. The summed E-state index contributed by atoms with van der Waals surface area (Å²) >= 11 is 0. The average molecular weight is 265 g/mol. The van der Waals surface area contributed by atoms with Crippen LogP contribution in [-0.4, -0.2) is 19.9 Å². The summed E-state index contributed by atoms with van der Waals surface area (Å²) < 4.78 is 0. The summed E-state index contributed by atoms with van der Waals surface area (Å²) in [5.41, 5.74) is 4.05. The number of allylic oxidation sites excluding steroid dienone is 1. The van der Waals surface area contributed by atoms with Crippen LogP contribution < -0.4 is 4.90 Å². The summed E-state index contributed by atoms with van der Waals surface area (Å²) in [6.07, 6.45) is 3.47. The molecule has 0 unspecified atom stereocenters. The lowest BCUT2D eigenvalue weighted by atomic mass is 10.1. The smallest absolute Gasteiger partial charge is 0.185 e. The van der Waals surface area contributed by atoms with Gasteiger partial charge < -0.3 is 4.90 Å². The second-order valence-electron chi connectivity index (χ2n) is 5.05. The second kappa shape index (κ2) is 6.20. The van der Waals surface area contributed by atoms with Crippen molar-refractivity contribution in [3.05, 3.63) is 71.3 Å². The van der Waals surface area contributed by atoms with E-state index >= 15 is 0 Å². The zero-order valence-electron chi connectivity index (χ0n) is 12.1. The number of carbonyl (C=O) groups is 1. The molecule has 0 fully saturated rings. The third kappa shape index (κ3) is 3.58. The van der Waals surface area contributed by atoms with Gasteiger partial charge in [0.2, 0.25) is 0 Å². The zero-order chi connectivity index (χ0) is 14.5. The maximum Gasteiger partial charge on any atom is 0.185 e. The Morgan fingerprint density at radius 1 is 0.950 bits per heavy atom. The number of carbonyl (C=O) groups excluding carboxylic acids is 1. The minimum Gasteiger partial charge on any atom is -0.378 e. The topological polar surface area (TPSA) is 20.3 Å². The van der Waals surface area contributed by atoms with Gasteiger partial charge in [-0.1, -0.05) is 35.9 Å². The van der Waals surface area contributed by atoms with E-state index in [0.29, 0.717) is 5.56 Å². The molecule has 0 aliphatic carbocycles. The van der Waals surface area contributed by atoms with E-state index in [1.807, 2.05) is 80.5 Å². The van der Waals surface area contributed by atoms with Crippen molar-refractivity contribution < 1.29 is 4.79 Å². The first kappa shape index (κ1) is 14.1. The lowest BCUT2D eigenvalue weighted by Crippen LogP contribution is -2.08. The standard InChI is InChI=1S/C18H19NO/c1-14-4-6-15(7-5-14)8-13-18(20)16-9-11-17(12-10-16)19(2)3/h4-13H,1-3H3. The molecule has 2 heteroatoms. The molecule has 0 saturated heterocycles. The van der Waals surface area contributed by atoms with Crippen LogP contribution in [0.15, 0.2) is 54.6 Å². The van der Waals surface area contributed by atoms with Crippen LogP contribution in [0.2, 0.25) is 0 Å². The van der Waals surface area contributed by atoms with Crippen LogP contribution in [0, 0.1) is 6.92 Å². The van der Waals surface area contributed by atoms with Crippen LogP contribution in [0.5, 0.6) is 0 Å². The molecular formula is C18H19NO. The van der Waals surface area contributed by atoms with Crippen molar-refractivity contribution in [2.45, 2.75) is 6.92 Å². The van der Waals surface area contributed by atoms with E-state index in [0.717, 1.165) is 11.3 Å². The summed E-state index contributed by atoms with van der Waals surface area (Å²) in [4.78, 5) is 14.1. The molecule has 102 valence electrons. The fraction of sp³-hybridized carbons (Fsp3) is 0.167. The Bertz CT molecular complexity index is 607. The van der Waals surface area contributed by atoms with Crippen molar-refractivity contribution in [3.8, 4) is 0 Å². The van der Waals surface area contributed by atoms with E-state index in [1.165, 1.54) is 5.56 Å². The predicted molar refractivity (Wildman–Crippen MR) is 85.3 cm³/mol. The van der Waals surface area contributed by atoms with Gasteiger partial charge in [0.25, 0.3) is 0 Å². The normalized spacial score (nSPS) is 10.8. The molecule has 2 aromatic carbocycles. The molecule has 0 bridgehead atoms. The molecule has 0 N–H and O–H groups in total. The lowest BCUT2D eigenvalue weighted by Gasteiger charge is -2.11. The van der Waals surface area contributed by atoms with Crippen molar-refractivity contribution in [1.29, 1.82) is 0 Å². The second-order valence-corrected chi connectivity index (χ2v) is 5.05. The maximum atomic E-state index is 12.1. The molecule has 2 aromatic rings. The van der Waals surface area contributed by atoms with Gasteiger partial charge in [0.1, 0.15) is 0 Å². The van der Waals surface area contributed by atoms with Gasteiger partial charge in [-0.3, -0.25) is 4.79 Å². The van der Waals surface area contributed by atoms with Crippen LogP contribution in [0.4, 0.5) is 5.69 Å². The van der Waals surface area contributed by atoms with Crippen molar-refractivity contribution in [1.82, 2.24) is 0 Å². The molecular weight excluding hydrogens is 246 g/mol. The maximum absolute atomic E-state index is 12.1. The Morgan fingerprint density at radius 2 is 1.55 bits per heavy atom. The van der Waals surface area contributed by atoms with Gasteiger partial charge in [-0.2, -0.15) is 0 Å². The van der Waals surface area contributed by atoms with E-state index in [2.05, 4.69) is 0 Å². The number of nitrogens with zero attached hydrogens (tertiary/aromatic N) is 1. The minimum absolute atomic E-state index is 0.0240. The van der Waals surface area contributed by atoms with Crippen LogP contribution >= 0.6 is 0 Å². The van der Waals surface area contributed by atoms with Gasteiger partial charge in [0.15, 0.2) is 5.78 Å². The fourth-order valence-corrected chi connectivity index (χ4v) is 1.87. The van der Waals surface area contributed by atoms with Gasteiger partial charge in [-0.25, -0.2) is 0 Å². The Hall–Kier alpha value is -2.35. The molecule has 0 aliphatic heterocycles. The van der Waals surface area contributed by atoms with Crippen LogP contribution in [0.3, 0.4) is 0 Å². The number of hydrogen-bond donors (Lipinski definition) is 0. The van der Waals surface area contributed by atoms with Gasteiger partial charge in [0, 0.05) is 25.3 Å². The van der Waals surface area contributed by atoms with E-state index in [9.17, 15) is 4.79 Å². The van der Waals surface area contributed by atoms with Gasteiger partial charge >= 0.3 is 0 Å². The number of hydrogen-bond acceptors (Lipinski definition) is 2. The summed E-state index contributed by atoms with van der Waals surface area (Å²) in [6, 6.07) is 15.7. The molecule has 0 radical (unpaired) electrons. The summed E-state index contributed by atoms with van der Waals surface area (Å²) in [5, 5.41) is 0. The quantitative estimate of drug-likeness (QED) is 0.616. The van der Waals surface area contributed by atoms with Gasteiger partial charge in [-0.05, 0) is 42.8 Å². The molecule has 0 saturated carbocycles. The van der Waals surface area contributed by atoms with Crippen molar-refractivity contribution in [2.24, 2.45) is 0 Å². The molecule has 2 rings (SSSR count). The van der Waals surface area contributed by atoms with Crippen LogP contribution in [0.25, 0.3) is 6.08 Å². The molecule has 0 amide bonds. The highest BCUT2D eigenvalue weighted by molar-refractivity contribution is 6.06. The van der Waals surface area contributed by atoms with Crippen LogP contribution in [0.1, 0.15) is 21.5 Å². The monoisotopic (exact) mass is 265 g/mol. The summed E-state index contributed by atoms with van der Waals surface area (Å²) in [5.74, 6) is 0.0240. The van der Waals surface area contributed by atoms with E-state index in [1.54, 1.807) is 6.08 Å². The summed E-state index contributed by atoms with van der Waals surface area (Å²) in [7, 11) is 3.96. The molecule has 20 heavy (non-hydrogen) atoms. The fourth-order valence-electron chi connectivity index (χ4n) is 1.87. The minimum atomic E-state index is 0.0240. The number of aryl methyl sites for hydroxylation is 1. The molecule has 0 aromatic heterocycles. The van der Waals surface area contributed by atoms with E-state index in [-0.39, 0.29) is 5.78 Å². The Morgan fingerprint density at radius 3 is 2.10 bits per heavy atom. The van der Waals surface area contributed by atoms with Crippen molar-refractivity contribution in [2.75, 3.05) is 19.0 Å². The Balaban J connectivity index is 2.09. The zero-order valence-corrected chi connectivity index (χ0v) is 12.1. The highest BCUT2D eigenvalue weighted by Gasteiger charge is 2.02. The molecule has 0 aliphatic rings. The highest BCUT2D eigenvalue weighted by Crippen LogP contribution is 2.13. The lowest BCUT2D eigenvalue weighted by molar-refractivity contribution is 0.104. The molecule has 0 heterocycles. The Labute approximate surface area is 120 Å². The first-order valence-corrected chi connectivity index (χ1v) is 6.63. The van der Waals surface area contributed by atoms with Gasteiger partial charge in [0.05, 0.1) is 0 Å². The number of ketones is 1. The van der Waals surface area contributed by atoms with Crippen LogP contribution in [-0.2, 0) is 0 Å². The number of rotatable bonds is 4. The third-order valence-electron chi connectivity index (χ3n) is 3.17. The molecule has 0 spiro atoms. The SMILES string of the molecule is Cc1ccc(C=CC(=O)c2ccc(N(C)C)cc2)cc1. The molecule has 0 atom stereocenters. The number of anilines is 1.